The van der Waals surface area contributed by atoms with Crippen molar-refractivity contribution >= 4 is 34.7 Å². The Bertz CT molecular complexity index is 617. The standard InChI is InChI=1S/C14H13ClN2O2S/c1-20-12-5-3-11(4-6-12)16-9-10-2-7-13(15)14(8-10)17(18)19/h2-8,16H,9H2,1H3. The van der Waals surface area contributed by atoms with Gasteiger partial charge >= 0.3 is 0 Å². The molecule has 0 fully saturated rings. The molecule has 0 aromatic heterocycles. The van der Waals surface area contributed by atoms with Crippen LogP contribution in [0.15, 0.2) is 47.4 Å². The second-order valence-electron chi connectivity index (χ2n) is 4.12. The number of nitrogens with zero attached hydrogens (tertiary/aromatic N) is 1. The zero-order chi connectivity index (χ0) is 14.5. The van der Waals surface area contributed by atoms with Gasteiger partial charge in [0, 0.05) is 23.2 Å². The summed E-state index contributed by atoms with van der Waals surface area (Å²) in [5.41, 5.74) is 1.72. The molecule has 0 saturated heterocycles. The van der Waals surface area contributed by atoms with Gasteiger partial charge in [-0.05, 0) is 42.2 Å². The smallest absolute Gasteiger partial charge is 0.288 e. The summed E-state index contributed by atoms with van der Waals surface area (Å²) in [7, 11) is 0. The number of nitrogens with one attached hydrogen (secondary N) is 1. The van der Waals surface area contributed by atoms with Crippen LogP contribution in [-0.2, 0) is 6.54 Å². The maximum atomic E-state index is 10.8. The van der Waals surface area contributed by atoms with Crippen molar-refractivity contribution in [3.05, 3.63) is 63.2 Å². The molecular weight excluding hydrogens is 296 g/mol. The molecule has 2 rings (SSSR count). The van der Waals surface area contributed by atoms with Gasteiger partial charge in [0.05, 0.1) is 4.92 Å². The van der Waals surface area contributed by atoms with E-state index >= 15 is 0 Å². The topological polar surface area (TPSA) is 55.2 Å². The second kappa shape index (κ2) is 6.63. The van der Waals surface area contributed by atoms with Crippen molar-refractivity contribution in [1.29, 1.82) is 0 Å². The number of hydrogen-bond acceptors (Lipinski definition) is 4. The Morgan fingerprint density at radius 3 is 2.55 bits per heavy atom. The van der Waals surface area contributed by atoms with E-state index < -0.39 is 4.92 Å². The number of anilines is 1. The fourth-order valence-electron chi connectivity index (χ4n) is 1.72. The van der Waals surface area contributed by atoms with E-state index in [0.717, 1.165) is 11.3 Å². The third-order valence-corrected chi connectivity index (χ3v) is 3.86. The van der Waals surface area contributed by atoms with Crippen LogP contribution in [0.25, 0.3) is 0 Å². The number of benzene rings is 2. The van der Waals surface area contributed by atoms with Crippen LogP contribution in [0, 0.1) is 10.1 Å². The summed E-state index contributed by atoms with van der Waals surface area (Å²) < 4.78 is 0. The average Bonchev–Trinajstić information content (AvgIpc) is 2.46. The van der Waals surface area contributed by atoms with Crippen molar-refractivity contribution in [2.24, 2.45) is 0 Å². The van der Waals surface area contributed by atoms with E-state index in [1.54, 1.807) is 23.9 Å². The lowest BCUT2D eigenvalue weighted by Gasteiger charge is -2.07. The van der Waals surface area contributed by atoms with Crippen LogP contribution in [0.3, 0.4) is 0 Å². The summed E-state index contributed by atoms with van der Waals surface area (Å²) >= 11 is 7.46. The van der Waals surface area contributed by atoms with E-state index in [4.69, 9.17) is 11.6 Å². The molecule has 0 bridgehead atoms. The van der Waals surface area contributed by atoms with Crippen molar-refractivity contribution in [3.63, 3.8) is 0 Å². The highest BCUT2D eigenvalue weighted by molar-refractivity contribution is 7.98. The summed E-state index contributed by atoms with van der Waals surface area (Å²) in [6.45, 7) is 0.511. The average molecular weight is 309 g/mol. The summed E-state index contributed by atoms with van der Waals surface area (Å²) in [5.74, 6) is 0. The fourth-order valence-corrected chi connectivity index (χ4v) is 2.32. The molecule has 2 aromatic carbocycles. The molecule has 2 aromatic rings. The Hall–Kier alpha value is -1.72. The van der Waals surface area contributed by atoms with E-state index in [1.807, 2.05) is 30.5 Å². The predicted molar refractivity (Wildman–Crippen MR) is 83.7 cm³/mol. The van der Waals surface area contributed by atoms with Gasteiger partial charge in [0.15, 0.2) is 0 Å². The summed E-state index contributed by atoms with van der Waals surface area (Å²) in [5, 5.41) is 14.2. The van der Waals surface area contributed by atoms with Gasteiger partial charge in [0.2, 0.25) is 0 Å². The van der Waals surface area contributed by atoms with Gasteiger partial charge in [-0.15, -0.1) is 11.8 Å². The lowest BCUT2D eigenvalue weighted by Crippen LogP contribution is -2.00. The normalized spacial score (nSPS) is 10.3. The fraction of sp³-hybridized carbons (Fsp3) is 0.143. The minimum atomic E-state index is -0.473. The van der Waals surface area contributed by atoms with Gasteiger partial charge in [-0.3, -0.25) is 10.1 Å². The number of halogens is 1. The Balaban J connectivity index is 2.06. The molecule has 0 amide bonds. The molecular formula is C14H13ClN2O2S. The quantitative estimate of drug-likeness (QED) is 0.499. The third kappa shape index (κ3) is 3.65. The monoisotopic (exact) mass is 308 g/mol. The van der Waals surface area contributed by atoms with E-state index in [9.17, 15) is 10.1 Å². The molecule has 0 atom stereocenters. The minimum Gasteiger partial charge on any atom is -0.381 e. The number of nitro groups is 1. The van der Waals surface area contributed by atoms with Gasteiger partial charge in [-0.1, -0.05) is 17.7 Å². The lowest BCUT2D eigenvalue weighted by atomic mass is 10.2. The first-order chi connectivity index (χ1) is 9.60. The molecule has 0 heterocycles. The lowest BCUT2D eigenvalue weighted by molar-refractivity contribution is -0.384. The Morgan fingerprint density at radius 2 is 1.95 bits per heavy atom. The van der Waals surface area contributed by atoms with E-state index in [2.05, 4.69) is 5.32 Å². The minimum absolute atomic E-state index is 0.0660. The van der Waals surface area contributed by atoms with Gasteiger partial charge < -0.3 is 5.32 Å². The first kappa shape index (κ1) is 14.7. The highest BCUT2D eigenvalue weighted by atomic mass is 35.5. The molecule has 20 heavy (non-hydrogen) atoms. The maximum Gasteiger partial charge on any atom is 0.288 e. The molecule has 0 aliphatic heterocycles. The SMILES string of the molecule is CSc1ccc(NCc2ccc(Cl)c([N+](=O)[O-])c2)cc1. The van der Waals surface area contributed by atoms with Crippen LogP contribution in [0.2, 0.25) is 5.02 Å². The van der Waals surface area contributed by atoms with E-state index in [-0.39, 0.29) is 10.7 Å². The van der Waals surface area contributed by atoms with Crippen LogP contribution in [0.5, 0.6) is 0 Å². The Morgan fingerprint density at radius 1 is 1.25 bits per heavy atom. The van der Waals surface area contributed by atoms with Crippen LogP contribution in [-0.4, -0.2) is 11.2 Å². The van der Waals surface area contributed by atoms with Gasteiger partial charge in [-0.25, -0.2) is 0 Å². The van der Waals surface area contributed by atoms with Gasteiger partial charge in [0.1, 0.15) is 5.02 Å². The summed E-state index contributed by atoms with van der Waals surface area (Å²) in [6, 6.07) is 12.8. The highest BCUT2D eigenvalue weighted by Gasteiger charge is 2.12. The summed E-state index contributed by atoms with van der Waals surface area (Å²) in [6.07, 6.45) is 2.02. The molecule has 0 spiro atoms. The second-order valence-corrected chi connectivity index (χ2v) is 5.41. The van der Waals surface area contributed by atoms with Crippen LogP contribution in [0.4, 0.5) is 11.4 Å². The Kier molecular flexibility index (Phi) is 4.87. The van der Waals surface area contributed by atoms with Crippen molar-refractivity contribution in [3.8, 4) is 0 Å². The van der Waals surface area contributed by atoms with Crippen molar-refractivity contribution in [2.45, 2.75) is 11.4 Å². The zero-order valence-electron chi connectivity index (χ0n) is 10.8. The van der Waals surface area contributed by atoms with Crippen molar-refractivity contribution < 1.29 is 4.92 Å². The first-order valence-electron chi connectivity index (χ1n) is 5.91. The van der Waals surface area contributed by atoms with E-state index in [0.29, 0.717) is 6.54 Å². The molecule has 1 N–H and O–H groups in total. The number of nitro benzene ring substituents is 1. The van der Waals surface area contributed by atoms with Crippen LogP contribution in [0.1, 0.15) is 5.56 Å². The molecule has 0 saturated carbocycles. The number of hydrogen-bond donors (Lipinski definition) is 1. The van der Waals surface area contributed by atoms with Crippen molar-refractivity contribution in [1.82, 2.24) is 0 Å². The maximum absolute atomic E-state index is 10.8. The molecule has 104 valence electrons. The number of thioether (sulfide) groups is 1. The van der Waals surface area contributed by atoms with Gasteiger partial charge in [-0.2, -0.15) is 0 Å². The molecule has 0 unspecified atom stereocenters. The highest BCUT2D eigenvalue weighted by Crippen LogP contribution is 2.25. The molecule has 0 radical (unpaired) electrons. The van der Waals surface area contributed by atoms with Crippen LogP contribution < -0.4 is 5.32 Å². The predicted octanol–water partition coefficient (Wildman–Crippen LogP) is 4.58. The molecule has 0 aliphatic carbocycles. The van der Waals surface area contributed by atoms with Gasteiger partial charge in [0.25, 0.3) is 5.69 Å². The zero-order valence-corrected chi connectivity index (χ0v) is 12.4. The third-order valence-electron chi connectivity index (χ3n) is 2.79. The van der Waals surface area contributed by atoms with Crippen LogP contribution >= 0.6 is 23.4 Å². The first-order valence-corrected chi connectivity index (χ1v) is 7.51. The Labute approximate surface area is 126 Å². The van der Waals surface area contributed by atoms with Crippen molar-refractivity contribution in [2.75, 3.05) is 11.6 Å². The molecule has 0 aliphatic rings. The molecule has 6 heteroatoms. The largest absolute Gasteiger partial charge is 0.381 e. The molecule has 4 nitrogen and oxygen atoms in total. The summed E-state index contributed by atoms with van der Waals surface area (Å²) in [4.78, 5) is 11.5. The van der Waals surface area contributed by atoms with E-state index in [1.165, 1.54) is 11.0 Å². The number of rotatable bonds is 5.